The van der Waals surface area contributed by atoms with Gasteiger partial charge in [0.25, 0.3) is 0 Å². The molecule has 0 N–H and O–H groups in total. The Morgan fingerprint density at radius 1 is 1.00 bits per heavy atom. The van der Waals surface area contributed by atoms with Crippen LogP contribution in [0.5, 0.6) is 0 Å². The van der Waals surface area contributed by atoms with E-state index in [-0.39, 0.29) is 0 Å². The van der Waals surface area contributed by atoms with Crippen LogP contribution < -0.4 is 0 Å². The Balaban J connectivity index is 3.08. The molecular formula is C12H7F9O2. The maximum atomic E-state index is 13.3. The van der Waals surface area contributed by atoms with Gasteiger partial charge < -0.3 is 4.74 Å². The van der Waals surface area contributed by atoms with Crippen molar-refractivity contribution in [2.45, 2.75) is 31.0 Å². The van der Waals surface area contributed by atoms with Crippen molar-refractivity contribution in [2.24, 2.45) is 0 Å². The summed E-state index contributed by atoms with van der Waals surface area (Å²) in [5, 5.41) is 0. The zero-order valence-corrected chi connectivity index (χ0v) is 11.0. The molecule has 0 heterocycles. The first kappa shape index (κ1) is 19.1. The van der Waals surface area contributed by atoms with Crippen LogP contribution in [0.25, 0.3) is 0 Å². The predicted octanol–water partition coefficient (Wildman–Crippen LogP) is 4.40. The number of rotatable bonds is 4. The third kappa shape index (κ3) is 3.37. The predicted molar refractivity (Wildman–Crippen MR) is 56.8 cm³/mol. The van der Waals surface area contributed by atoms with Gasteiger partial charge in [0.2, 0.25) is 0 Å². The van der Waals surface area contributed by atoms with Gasteiger partial charge in [0.15, 0.2) is 0 Å². The van der Waals surface area contributed by atoms with E-state index in [0.29, 0.717) is 19.1 Å². The van der Waals surface area contributed by atoms with E-state index in [1.165, 1.54) is 0 Å². The molecule has 1 atom stereocenters. The monoisotopic (exact) mass is 354 g/mol. The number of benzene rings is 1. The van der Waals surface area contributed by atoms with Crippen LogP contribution in [0.2, 0.25) is 0 Å². The smallest absolute Gasteiger partial charge is 0.453 e. The van der Waals surface area contributed by atoms with Crippen molar-refractivity contribution in [3.8, 4) is 0 Å². The van der Waals surface area contributed by atoms with Crippen molar-refractivity contribution in [1.29, 1.82) is 0 Å². The molecule has 0 amide bonds. The molecule has 0 spiro atoms. The van der Waals surface area contributed by atoms with Gasteiger partial charge in [-0.05, 0) is 19.1 Å². The maximum absolute atomic E-state index is 13.3. The summed E-state index contributed by atoms with van der Waals surface area (Å²) in [4.78, 5) is 11.0. The molecule has 130 valence electrons. The van der Waals surface area contributed by atoms with Crippen molar-refractivity contribution in [3.63, 3.8) is 0 Å². The normalized spacial score (nSPS) is 14.5. The van der Waals surface area contributed by atoms with Gasteiger partial charge in [0.05, 0.1) is 5.56 Å². The molecule has 1 aromatic carbocycles. The lowest BCUT2D eigenvalue weighted by Crippen LogP contribution is -2.56. The van der Waals surface area contributed by atoms with Crippen LogP contribution in [-0.2, 0) is 9.53 Å². The van der Waals surface area contributed by atoms with Crippen LogP contribution in [0.15, 0.2) is 18.2 Å². The summed E-state index contributed by atoms with van der Waals surface area (Å²) in [6, 6.07) is 2.16. The molecule has 0 bridgehead atoms. The van der Waals surface area contributed by atoms with E-state index in [9.17, 15) is 44.3 Å². The van der Waals surface area contributed by atoms with Gasteiger partial charge in [-0.3, -0.25) is 0 Å². The summed E-state index contributed by atoms with van der Waals surface area (Å²) in [7, 11) is 0. The number of carbonyl (C=O) groups excluding carboxylic acids is 1. The van der Waals surface area contributed by atoms with E-state index < -0.39 is 47.3 Å². The Kier molecular flexibility index (Phi) is 4.93. The number of carbonyl (C=O) groups is 1. The molecule has 11 heteroatoms. The largest absolute Gasteiger partial charge is 0.460 e. The highest BCUT2D eigenvalue weighted by molar-refractivity contribution is 5.79. The van der Waals surface area contributed by atoms with Gasteiger partial charge in [0, 0.05) is 0 Å². The summed E-state index contributed by atoms with van der Waals surface area (Å²) >= 11 is 0. The second-order valence-corrected chi connectivity index (χ2v) is 4.33. The second kappa shape index (κ2) is 5.93. The van der Waals surface area contributed by atoms with Gasteiger partial charge in [-0.2, -0.15) is 30.7 Å². The van der Waals surface area contributed by atoms with Gasteiger partial charge in [-0.25, -0.2) is 13.6 Å². The van der Waals surface area contributed by atoms with E-state index in [0.717, 1.165) is 6.07 Å². The lowest BCUT2D eigenvalue weighted by molar-refractivity contribution is -0.349. The molecule has 0 aliphatic carbocycles. The minimum absolute atomic E-state index is 0.626. The number of alkyl halides is 7. The summed E-state index contributed by atoms with van der Waals surface area (Å²) in [6.07, 6.45) is -8.90. The highest BCUT2D eigenvalue weighted by Crippen LogP contribution is 2.47. The first-order valence-electron chi connectivity index (χ1n) is 5.70. The molecule has 0 aliphatic heterocycles. The van der Waals surface area contributed by atoms with Crippen molar-refractivity contribution in [2.75, 3.05) is 0 Å². The molecule has 1 rings (SSSR count). The fraction of sp³-hybridized carbons (Fsp3) is 0.417. The van der Waals surface area contributed by atoms with Gasteiger partial charge >= 0.3 is 24.0 Å². The summed E-state index contributed by atoms with van der Waals surface area (Å²) in [5.74, 6) is -19.0. The van der Waals surface area contributed by atoms with Crippen molar-refractivity contribution in [3.05, 3.63) is 35.4 Å². The maximum Gasteiger partial charge on any atom is 0.460 e. The number of ether oxygens (including phenoxy) is 1. The highest BCUT2D eigenvalue weighted by atomic mass is 19.4. The van der Waals surface area contributed by atoms with Crippen LogP contribution in [-0.4, -0.2) is 24.0 Å². The van der Waals surface area contributed by atoms with Crippen LogP contribution in [0, 0.1) is 11.6 Å². The highest BCUT2D eigenvalue weighted by Gasteiger charge is 2.77. The van der Waals surface area contributed by atoms with Crippen molar-refractivity contribution >= 4 is 5.97 Å². The molecule has 23 heavy (non-hydrogen) atoms. The molecule has 2 nitrogen and oxygen atoms in total. The average molecular weight is 354 g/mol. The number of halogens is 9. The topological polar surface area (TPSA) is 26.3 Å². The molecule has 0 saturated heterocycles. The van der Waals surface area contributed by atoms with Crippen LogP contribution in [0.1, 0.15) is 18.6 Å². The quantitative estimate of drug-likeness (QED) is 0.592. The van der Waals surface area contributed by atoms with E-state index >= 15 is 0 Å². The third-order valence-corrected chi connectivity index (χ3v) is 2.70. The fourth-order valence-corrected chi connectivity index (χ4v) is 1.50. The van der Waals surface area contributed by atoms with E-state index in [4.69, 9.17) is 0 Å². The Hall–Kier alpha value is -1.94. The SMILES string of the molecule is CC(OC(=O)C(F)(F)C(F)(F)C(F)(F)F)c1c(F)cccc1F. The zero-order chi connectivity index (χ0) is 18.2. The van der Waals surface area contributed by atoms with Gasteiger partial charge in [-0.15, -0.1) is 0 Å². The molecule has 0 fully saturated rings. The molecule has 0 saturated carbocycles. The number of hydrogen-bond acceptors (Lipinski definition) is 2. The Labute approximate surface area is 122 Å². The van der Waals surface area contributed by atoms with E-state index in [2.05, 4.69) is 4.74 Å². The van der Waals surface area contributed by atoms with Gasteiger partial charge in [0.1, 0.15) is 17.7 Å². The van der Waals surface area contributed by atoms with Crippen LogP contribution >= 0.6 is 0 Å². The van der Waals surface area contributed by atoms with Crippen molar-refractivity contribution < 1.29 is 49.0 Å². The summed E-state index contributed by atoms with van der Waals surface area (Å²) in [5.41, 5.74) is -1.08. The Morgan fingerprint density at radius 2 is 1.43 bits per heavy atom. The number of hydrogen-bond donors (Lipinski definition) is 0. The minimum atomic E-state index is -6.73. The molecular weight excluding hydrogens is 347 g/mol. The fourth-order valence-electron chi connectivity index (χ4n) is 1.50. The standard InChI is InChI=1S/C12H7F9O2/c1-5(8-6(13)3-2-4-7(8)14)23-9(22)10(15,16)11(17,18)12(19,20)21/h2-5H,1H3. The first-order chi connectivity index (χ1) is 10.2. The molecule has 0 aromatic heterocycles. The lowest BCUT2D eigenvalue weighted by atomic mass is 10.1. The molecule has 1 unspecified atom stereocenters. The van der Waals surface area contributed by atoms with Crippen molar-refractivity contribution in [1.82, 2.24) is 0 Å². The van der Waals surface area contributed by atoms with Crippen LogP contribution in [0.3, 0.4) is 0 Å². The third-order valence-electron chi connectivity index (χ3n) is 2.70. The minimum Gasteiger partial charge on any atom is -0.453 e. The first-order valence-corrected chi connectivity index (χ1v) is 5.70. The molecule has 1 aromatic rings. The second-order valence-electron chi connectivity index (χ2n) is 4.33. The molecule has 0 aliphatic rings. The van der Waals surface area contributed by atoms with E-state index in [1.54, 1.807) is 0 Å². The molecule has 0 radical (unpaired) electrons. The number of esters is 1. The Morgan fingerprint density at radius 3 is 1.83 bits per heavy atom. The summed E-state index contributed by atoms with van der Waals surface area (Å²) in [6.45, 7) is 0.626. The van der Waals surface area contributed by atoms with Gasteiger partial charge in [-0.1, -0.05) is 6.07 Å². The Bertz CT molecular complexity index is 574. The lowest BCUT2D eigenvalue weighted by Gasteiger charge is -2.27. The van der Waals surface area contributed by atoms with E-state index in [1.807, 2.05) is 0 Å². The zero-order valence-electron chi connectivity index (χ0n) is 11.0. The van der Waals surface area contributed by atoms with Crippen LogP contribution in [0.4, 0.5) is 39.5 Å². The summed E-state index contributed by atoms with van der Waals surface area (Å²) < 4.78 is 117. The average Bonchev–Trinajstić information content (AvgIpc) is 2.36.